The molecule has 0 aromatic carbocycles. The van der Waals surface area contributed by atoms with Crippen LogP contribution in [0.5, 0.6) is 0 Å². The van der Waals surface area contributed by atoms with E-state index in [1.807, 2.05) is 0 Å². The Kier molecular flexibility index (Phi) is 5.73. The molecule has 1 saturated heterocycles. The highest BCUT2D eigenvalue weighted by molar-refractivity contribution is 4.82. The lowest BCUT2D eigenvalue weighted by atomic mass is 10.0. The monoisotopic (exact) mass is 227 g/mol. The molecule has 0 aliphatic carbocycles. The van der Waals surface area contributed by atoms with Gasteiger partial charge in [0.2, 0.25) is 0 Å². The topological polar surface area (TPSA) is 32.5 Å². The van der Waals surface area contributed by atoms with Gasteiger partial charge in [-0.2, -0.15) is 0 Å². The fourth-order valence-electron chi connectivity index (χ4n) is 2.47. The van der Waals surface area contributed by atoms with Crippen LogP contribution in [-0.2, 0) is 0 Å². The second-order valence-corrected chi connectivity index (χ2v) is 5.79. The molecule has 1 rings (SSSR count). The first-order valence-electron chi connectivity index (χ1n) is 6.65. The van der Waals surface area contributed by atoms with Crippen molar-refractivity contribution >= 4 is 0 Å². The lowest BCUT2D eigenvalue weighted by Gasteiger charge is -2.28. The third-order valence-corrected chi connectivity index (χ3v) is 3.68. The van der Waals surface area contributed by atoms with Crippen LogP contribution in [0, 0.1) is 5.92 Å². The minimum Gasteiger partial charge on any atom is -0.327 e. The van der Waals surface area contributed by atoms with E-state index in [-0.39, 0.29) is 0 Å². The van der Waals surface area contributed by atoms with Crippen LogP contribution in [0.4, 0.5) is 0 Å². The zero-order valence-corrected chi connectivity index (χ0v) is 11.4. The molecular weight excluding hydrogens is 198 g/mol. The van der Waals surface area contributed by atoms with E-state index in [0.717, 1.165) is 12.5 Å². The summed E-state index contributed by atoms with van der Waals surface area (Å²) in [6.45, 7) is 8.07. The molecule has 1 fully saturated rings. The Morgan fingerprint density at radius 1 is 1.38 bits per heavy atom. The molecule has 16 heavy (non-hydrogen) atoms. The number of likely N-dealkylation sites (N-methyl/N-ethyl adjacent to an activating group) is 1. The van der Waals surface area contributed by atoms with Gasteiger partial charge < -0.3 is 10.6 Å². The minimum atomic E-state index is 0.362. The smallest absolute Gasteiger partial charge is 0.0223 e. The largest absolute Gasteiger partial charge is 0.327 e. The molecule has 0 aromatic rings. The molecule has 96 valence electrons. The second-order valence-electron chi connectivity index (χ2n) is 5.79. The fraction of sp³-hybridized carbons (Fsp3) is 1.00. The summed E-state index contributed by atoms with van der Waals surface area (Å²) in [6, 6.07) is 1.12. The van der Waals surface area contributed by atoms with Crippen LogP contribution in [0.1, 0.15) is 33.1 Å². The highest BCUT2D eigenvalue weighted by atomic mass is 15.2. The van der Waals surface area contributed by atoms with Gasteiger partial charge in [-0.1, -0.05) is 13.8 Å². The molecule has 1 aliphatic heterocycles. The predicted octanol–water partition coefficient (Wildman–Crippen LogP) is 1.39. The van der Waals surface area contributed by atoms with Gasteiger partial charge in [-0.25, -0.2) is 0 Å². The van der Waals surface area contributed by atoms with Crippen molar-refractivity contribution in [3.63, 3.8) is 0 Å². The van der Waals surface area contributed by atoms with E-state index in [1.54, 1.807) is 0 Å². The van der Waals surface area contributed by atoms with Gasteiger partial charge in [-0.15, -0.1) is 0 Å². The number of rotatable bonds is 6. The summed E-state index contributed by atoms with van der Waals surface area (Å²) in [4.78, 5) is 4.92. The summed E-state index contributed by atoms with van der Waals surface area (Å²) in [5.41, 5.74) is 6.10. The van der Waals surface area contributed by atoms with Gasteiger partial charge in [0.1, 0.15) is 0 Å². The summed E-state index contributed by atoms with van der Waals surface area (Å²) in [7, 11) is 4.33. The standard InChI is InChI=1S/C13H29N3/c1-11(2)13(14)7-9-16-8-5-6-12(16)10-15(3)4/h11-13H,5-10,14H2,1-4H3. The molecule has 0 bridgehead atoms. The first-order chi connectivity index (χ1) is 7.50. The van der Waals surface area contributed by atoms with Crippen LogP contribution in [0.2, 0.25) is 0 Å². The van der Waals surface area contributed by atoms with E-state index >= 15 is 0 Å². The van der Waals surface area contributed by atoms with Crippen LogP contribution in [-0.4, -0.2) is 55.6 Å². The number of nitrogens with zero attached hydrogens (tertiary/aromatic N) is 2. The van der Waals surface area contributed by atoms with Gasteiger partial charge in [0.05, 0.1) is 0 Å². The number of hydrogen-bond donors (Lipinski definition) is 1. The lowest BCUT2D eigenvalue weighted by molar-refractivity contribution is 0.198. The molecule has 2 unspecified atom stereocenters. The van der Waals surface area contributed by atoms with E-state index in [4.69, 9.17) is 5.73 Å². The van der Waals surface area contributed by atoms with E-state index in [2.05, 4.69) is 37.7 Å². The maximum Gasteiger partial charge on any atom is 0.0223 e. The van der Waals surface area contributed by atoms with Crippen molar-refractivity contribution in [2.75, 3.05) is 33.7 Å². The normalized spacial score (nSPS) is 24.6. The molecule has 0 amide bonds. The third-order valence-electron chi connectivity index (χ3n) is 3.68. The van der Waals surface area contributed by atoms with Crippen molar-refractivity contribution in [3.05, 3.63) is 0 Å². The van der Waals surface area contributed by atoms with E-state index in [0.29, 0.717) is 12.0 Å². The molecule has 0 radical (unpaired) electrons. The number of hydrogen-bond acceptors (Lipinski definition) is 3. The quantitative estimate of drug-likeness (QED) is 0.744. The Labute approximate surface area is 101 Å². The van der Waals surface area contributed by atoms with Gasteiger partial charge in [-0.05, 0) is 52.4 Å². The average molecular weight is 227 g/mol. The van der Waals surface area contributed by atoms with Crippen LogP contribution < -0.4 is 5.73 Å². The van der Waals surface area contributed by atoms with E-state index < -0.39 is 0 Å². The van der Waals surface area contributed by atoms with Gasteiger partial charge in [0.25, 0.3) is 0 Å². The zero-order chi connectivity index (χ0) is 12.1. The SMILES string of the molecule is CC(C)C(N)CCN1CCCC1CN(C)C. The number of nitrogens with two attached hydrogens (primary N) is 1. The molecule has 3 nitrogen and oxygen atoms in total. The summed E-state index contributed by atoms with van der Waals surface area (Å²) >= 11 is 0. The molecule has 0 saturated carbocycles. The van der Waals surface area contributed by atoms with Crippen LogP contribution in [0.15, 0.2) is 0 Å². The molecule has 2 N–H and O–H groups in total. The van der Waals surface area contributed by atoms with Crippen molar-refractivity contribution in [1.29, 1.82) is 0 Å². The van der Waals surface area contributed by atoms with Gasteiger partial charge in [-0.3, -0.25) is 4.90 Å². The Morgan fingerprint density at radius 3 is 2.62 bits per heavy atom. The summed E-state index contributed by atoms with van der Waals surface area (Å²) in [6.07, 6.45) is 3.85. The molecule has 0 aromatic heterocycles. The Hall–Kier alpha value is -0.120. The summed E-state index contributed by atoms with van der Waals surface area (Å²) in [5.74, 6) is 0.606. The lowest BCUT2D eigenvalue weighted by Crippen LogP contribution is -2.40. The molecule has 1 aliphatic rings. The van der Waals surface area contributed by atoms with Crippen molar-refractivity contribution in [2.24, 2.45) is 11.7 Å². The molecule has 2 atom stereocenters. The van der Waals surface area contributed by atoms with Crippen molar-refractivity contribution < 1.29 is 0 Å². The third kappa shape index (κ3) is 4.40. The first kappa shape index (κ1) is 13.9. The van der Waals surface area contributed by atoms with E-state index in [9.17, 15) is 0 Å². The van der Waals surface area contributed by atoms with Crippen molar-refractivity contribution in [1.82, 2.24) is 9.80 Å². The minimum absolute atomic E-state index is 0.362. The van der Waals surface area contributed by atoms with Gasteiger partial charge in [0, 0.05) is 18.6 Å². The maximum absolute atomic E-state index is 6.10. The molecular formula is C13H29N3. The predicted molar refractivity (Wildman–Crippen MR) is 70.6 cm³/mol. The Morgan fingerprint density at radius 2 is 2.06 bits per heavy atom. The first-order valence-corrected chi connectivity index (χ1v) is 6.65. The highest BCUT2D eigenvalue weighted by Crippen LogP contribution is 2.18. The molecule has 3 heteroatoms. The second kappa shape index (κ2) is 6.58. The number of likely N-dealkylation sites (tertiary alicyclic amines) is 1. The van der Waals surface area contributed by atoms with Crippen molar-refractivity contribution in [3.8, 4) is 0 Å². The van der Waals surface area contributed by atoms with Gasteiger partial charge >= 0.3 is 0 Å². The Balaban J connectivity index is 2.29. The molecule has 1 heterocycles. The average Bonchev–Trinajstić information content (AvgIpc) is 2.60. The maximum atomic E-state index is 6.10. The van der Waals surface area contributed by atoms with E-state index in [1.165, 1.54) is 32.5 Å². The Bertz CT molecular complexity index is 192. The van der Waals surface area contributed by atoms with Crippen LogP contribution in [0.3, 0.4) is 0 Å². The van der Waals surface area contributed by atoms with Crippen LogP contribution in [0.25, 0.3) is 0 Å². The highest BCUT2D eigenvalue weighted by Gasteiger charge is 2.25. The summed E-state index contributed by atoms with van der Waals surface area (Å²) < 4.78 is 0. The van der Waals surface area contributed by atoms with Crippen molar-refractivity contribution in [2.45, 2.75) is 45.2 Å². The zero-order valence-electron chi connectivity index (χ0n) is 11.4. The van der Waals surface area contributed by atoms with Crippen LogP contribution >= 0.6 is 0 Å². The summed E-state index contributed by atoms with van der Waals surface area (Å²) in [5, 5.41) is 0. The fourth-order valence-corrected chi connectivity index (χ4v) is 2.47. The molecule has 0 spiro atoms. The van der Waals surface area contributed by atoms with Gasteiger partial charge in [0.15, 0.2) is 0 Å².